The Morgan fingerprint density at radius 2 is 1.95 bits per heavy atom. The Balaban J connectivity index is 2.43. The fraction of sp³-hybridized carbons (Fsp3) is 0.867. The molecule has 1 heterocycles. The van der Waals surface area contributed by atoms with E-state index < -0.39 is 11.5 Å². The minimum atomic E-state index is -0.873. The summed E-state index contributed by atoms with van der Waals surface area (Å²) < 4.78 is 5.68. The number of carbonyl (C=O) groups excluding carboxylic acids is 1. The van der Waals surface area contributed by atoms with Gasteiger partial charge in [0.1, 0.15) is 0 Å². The predicted octanol–water partition coefficient (Wildman–Crippen LogP) is 2.48. The van der Waals surface area contributed by atoms with E-state index in [4.69, 9.17) is 9.84 Å². The average Bonchev–Trinajstić information content (AvgIpc) is 2.81. The Morgan fingerprint density at radius 1 is 1.30 bits per heavy atom. The third-order valence-corrected chi connectivity index (χ3v) is 4.26. The molecule has 2 atom stereocenters. The van der Waals surface area contributed by atoms with E-state index in [1.807, 2.05) is 20.8 Å². The second kappa shape index (κ2) is 7.62. The van der Waals surface area contributed by atoms with E-state index in [2.05, 4.69) is 5.32 Å². The van der Waals surface area contributed by atoms with Crippen molar-refractivity contribution < 1.29 is 19.4 Å². The summed E-state index contributed by atoms with van der Waals surface area (Å²) in [6.07, 6.45) is 4.87. The van der Waals surface area contributed by atoms with Crippen LogP contribution < -0.4 is 5.32 Å². The van der Waals surface area contributed by atoms with Crippen molar-refractivity contribution in [3.63, 3.8) is 0 Å². The highest BCUT2D eigenvalue weighted by molar-refractivity contribution is 5.78. The molecule has 0 aromatic heterocycles. The Kier molecular flexibility index (Phi) is 6.46. The van der Waals surface area contributed by atoms with Crippen LogP contribution in [0.15, 0.2) is 0 Å². The molecule has 2 N–H and O–H groups in total. The number of carboxylic acids is 1. The molecule has 0 aromatic rings. The van der Waals surface area contributed by atoms with E-state index in [1.54, 1.807) is 0 Å². The maximum Gasteiger partial charge on any atom is 0.305 e. The molecule has 1 amide bonds. The monoisotopic (exact) mass is 285 g/mol. The number of nitrogens with one attached hydrogen (secondary N) is 1. The van der Waals surface area contributed by atoms with E-state index in [1.165, 1.54) is 0 Å². The van der Waals surface area contributed by atoms with Crippen molar-refractivity contribution in [2.24, 2.45) is 0 Å². The van der Waals surface area contributed by atoms with Gasteiger partial charge in [0, 0.05) is 12.0 Å². The molecule has 1 aliphatic rings. The zero-order valence-electron chi connectivity index (χ0n) is 12.8. The molecule has 1 aliphatic heterocycles. The highest BCUT2D eigenvalue weighted by atomic mass is 16.5. The van der Waals surface area contributed by atoms with Gasteiger partial charge in [-0.1, -0.05) is 13.8 Å². The van der Waals surface area contributed by atoms with Crippen molar-refractivity contribution in [3.05, 3.63) is 0 Å². The van der Waals surface area contributed by atoms with Crippen molar-refractivity contribution in [1.29, 1.82) is 0 Å². The number of ether oxygens (including phenoxy) is 1. The molecule has 5 nitrogen and oxygen atoms in total. The van der Waals surface area contributed by atoms with Crippen molar-refractivity contribution in [2.75, 3.05) is 0 Å². The SMILES string of the molecule is CCC(CC)(CC(=O)O)NC(=O)CCC1CCC(C)O1. The Labute approximate surface area is 121 Å². The first-order valence-corrected chi connectivity index (χ1v) is 7.59. The number of amides is 1. The van der Waals surface area contributed by atoms with E-state index in [0.29, 0.717) is 31.8 Å². The summed E-state index contributed by atoms with van der Waals surface area (Å²) in [4.78, 5) is 23.0. The number of carbonyl (C=O) groups is 2. The van der Waals surface area contributed by atoms with Crippen LogP contribution in [-0.4, -0.2) is 34.7 Å². The highest BCUT2D eigenvalue weighted by Crippen LogP contribution is 2.24. The Hall–Kier alpha value is -1.10. The minimum absolute atomic E-state index is 0.0251. The van der Waals surface area contributed by atoms with Crippen LogP contribution >= 0.6 is 0 Å². The maximum atomic E-state index is 12.0. The quantitative estimate of drug-likeness (QED) is 0.718. The lowest BCUT2D eigenvalue weighted by molar-refractivity contribution is -0.139. The van der Waals surface area contributed by atoms with E-state index >= 15 is 0 Å². The fourth-order valence-electron chi connectivity index (χ4n) is 2.76. The number of carboxylic acid groups (broad SMARTS) is 1. The van der Waals surface area contributed by atoms with Gasteiger partial charge in [0.2, 0.25) is 5.91 Å². The number of hydrogen-bond acceptors (Lipinski definition) is 3. The molecule has 1 saturated heterocycles. The van der Waals surface area contributed by atoms with Gasteiger partial charge in [-0.3, -0.25) is 9.59 Å². The Morgan fingerprint density at radius 3 is 2.40 bits per heavy atom. The molecule has 0 saturated carbocycles. The minimum Gasteiger partial charge on any atom is -0.481 e. The van der Waals surface area contributed by atoms with Gasteiger partial charge in [0.15, 0.2) is 0 Å². The van der Waals surface area contributed by atoms with Gasteiger partial charge in [-0.25, -0.2) is 0 Å². The zero-order chi connectivity index (χ0) is 15.2. The van der Waals surface area contributed by atoms with E-state index in [9.17, 15) is 9.59 Å². The van der Waals surface area contributed by atoms with Crippen molar-refractivity contribution >= 4 is 11.9 Å². The molecule has 2 unspecified atom stereocenters. The van der Waals surface area contributed by atoms with E-state index in [0.717, 1.165) is 12.8 Å². The van der Waals surface area contributed by atoms with Crippen LogP contribution in [0, 0.1) is 0 Å². The van der Waals surface area contributed by atoms with Crippen LogP contribution in [-0.2, 0) is 14.3 Å². The largest absolute Gasteiger partial charge is 0.481 e. The van der Waals surface area contributed by atoms with Crippen LogP contribution in [0.2, 0.25) is 0 Å². The predicted molar refractivity (Wildman–Crippen MR) is 76.5 cm³/mol. The van der Waals surface area contributed by atoms with Gasteiger partial charge in [-0.05, 0) is 39.0 Å². The zero-order valence-corrected chi connectivity index (χ0v) is 12.8. The first-order valence-electron chi connectivity index (χ1n) is 7.59. The number of hydrogen-bond donors (Lipinski definition) is 2. The van der Waals surface area contributed by atoms with Crippen LogP contribution in [0.3, 0.4) is 0 Å². The van der Waals surface area contributed by atoms with Gasteiger partial charge in [0.25, 0.3) is 0 Å². The summed E-state index contributed by atoms with van der Waals surface area (Å²) in [5, 5.41) is 11.9. The molecule has 0 aliphatic carbocycles. The molecule has 0 bridgehead atoms. The number of aliphatic carboxylic acids is 1. The molecule has 0 radical (unpaired) electrons. The van der Waals surface area contributed by atoms with Gasteiger partial charge in [-0.2, -0.15) is 0 Å². The fourth-order valence-corrected chi connectivity index (χ4v) is 2.76. The number of rotatable bonds is 8. The van der Waals surface area contributed by atoms with Gasteiger partial charge >= 0.3 is 5.97 Å². The normalized spacial score (nSPS) is 22.8. The third-order valence-electron chi connectivity index (χ3n) is 4.26. The molecule has 1 fully saturated rings. The molecule has 5 heteroatoms. The maximum absolute atomic E-state index is 12.0. The Bertz CT molecular complexity index is 339. The lowest BCUT2D eigenvalue weighted by Gasteiger charge is -2.31. The van der Waals surface area contributed by atoms with Crippen LogP contribution in [0.25, 0.3) is 0 Å². The second-order valence-corrected chi connectivity index (χ2v) is 5.79. The smallest absolute Gasteiger partial charge is 0.305 e. The third kappa shape index (κ3) is 5.12. The average molecular weight is 285 g/mol. The summed E-state index contributed by atoms with van der Waals surface area (Å²) in [7, 11) is 0. The molecule has 20 heavy (non-hydrogen) atoms. The first kappa shape index (κ1) is 17.0. The molecule has 1 rings (SSSR count). The first-order chi connectivity index (χ1) is 9.40. The summed E-state index contributed by atoms with van der Waals surface area (Å²) in [6, 6.07) is 0. The second-order valence-electron chi connectivity index (χ2n) is 5.79. The van der Waals surface area contributed by atoms with Crippen LogP contribution in [0.4, 0.5) is 0 Å². The van der Waals surface area contributed by atoms with Gasteiger partial charge in [0.05, 0.1) is 18.6 Å². The van der Waals surface area contributed by atoms with Crippen LogP contribution in [0.5, 0.6) is 0 Å². The van der Waals surface area contributed by atoms with Crippen molar-refractivity contribution in [1.82, 2.24) is 5.32 Å². The van der Waals surface area contributed by atoms with Crippen molar-refractivity contribution in [3.8, 4) is 0 Å². The molecule has 0 spiro atoms. The van der Waals surface area contributed by atoms with E-state index in [-0.39, 0.29) is 18.4 Å². The van der Waals surface area contributed by atoms with Crippen LogP contribution in [0.1, 0.15) is 65.7 Å². The molecule has 0 aromatic carbocycles. The summed E-state index contributed by atoms with van der Waals surface area (Å²) in [5.74, 6) is -0.944. The van der Waals surface area contributed by atoms with Crippen molar-refractivity contribution in [2.45, 2.75) is 83.5 Å². The molecular weight excluding hydrogens is 258 g/mol. The standard InChI is InChI=1S/C15H27NO4/c1-4-15(5-2,10-14(18)19)16-13(17)9-8-12-7-6-11(3)20-12/h11-12H,4-10H2,1-3H3,(H,16,17)(H,18,19). The highest BCUT2D eigenvalue weighted by Gasteiger charge is 2.31. The molecule has 116 valence electrons. The molecular formula is C15H27NO4. The lowest BCUT2D eigenvalue weighted by Crippen LogP contribution is -2.49. The summed E-state index contributed by atoms with van der Waals surface area (Å²) in [5.41, 5.74) is -0.618. The summed E-state index contributed by atoms with van der Waals surface area (Å²) in [6.45, 7) is 5.87. The summed E-state index contributed by atoms with van der Waals surface area (Å²) >= 11 is 0. The topological polar surface area (TPSA) is 75.6 Å². The lowest BCUT2D eigenvalue weighted by atomic mass is 9.88. The van der Waals surface area contributed by atoms with Gasteiger partial charge in [-0.15, -0.1) is 0 Å². The van der Waals surface area contributed by atoms with Gasteiger partial charge < -0.3 is 15.2 Å².